The third-order valence-electron chi connectivity index (χ3n) is 5.29. The van der Waals surface area contributed by atoms with Gasteiger partial charge in [0.05, 0.1) is 11.3 Å². The Morgan fingerprint density at radius 1 is 1.23 bits per heavy atom. The summed E-state index contributed by atoms with van der Waals surface area (Å²) in [6.07, 6.45) is -3.47. The molecule has 8 nitrogen and oxygen atoms in total. The second kappa shape index (κ2) is 8.60. The zero-order chi connectivity index (χ0) is 22.9. The van der Waals surface area contributed by atoms with Crippen LogP contribution in [0, 0.1) is 0 Å². The fourth-order valence-corrected chi connectivity index (χ4v) is 4.86. The van der Waals surface area contributed by atoms with Crippen molar-refractivity contribution in [2.45, 2.75) is 42.0 Å². The number of alkyl halides is 3. The SMILES string of the molecule is Cn1ccnc1C(O)(CC(=O)N1CCC(NS(=O)(=O)c2ccccc2)CC1)C(F)(F)F. The van der Waals surface area contributed by atoms with E-state index >= 15 is 0 Å². The number of imidazole rings is 1. The lowest BCUT2D eigenvalue weighted by Crippen LogP contribution is -2.51. The summed E-state index contributed by atoms with van der Waals surface area (Å²) in [5.74, 6) is -1.55. The molecule has 1 aromatic heterocycles. The van der Waals surface area contributed by atoms with Crippen molar-refractivity contribution in [1.82, 2.24) is 19.2 Å². The molecular formula is C19H23F3N4O4S. The number of nitrogens with one attached hydrogen (secondary N) is 1. The van der Waals surface area contributed by atoms with Gasteiger partial charge in [-0.25, -0.2) is 18.1 Å². The monoisotopic (exact) mass is 460 g/mol. The van der Waals surface area contributed by atoms with Crippen molar-refractivity contribution in [3.63, 3.8) is 0 Å². The minimum Gasteiger partial charge on any atom is -0.374 e. The maximum atomic E-state index is 13.6. The highest BCUT2D eigenvalue weighted by Crippen LogP contribution is 2.41. The van der Waals surface area contributed by atoms with Gasteiger partial charge in [-0.3, -0.25) is 4.79 Å². The molecular weight excluding hydrogens is 437 g/mol. The van der Waals surface area contributed by atoms with E-state index in [1.807, 2.05) is 0 Å². The maximum absolute atomic E-state index is 13.6. The van der Waals surface area contributed by atoms with Gasteiger partial charge in [-0.2, -0.15) is 13.2 Å². The fourth-order valence-electron chi connectivity index (χ4n) is 3.53. The number of nitrogens with zero attached hydrogens (tertiary/aromatic N) is 3. The van der Waals surface area contributed by atoms with E-state index in [-0.39, 0.29) is 30.8 Å². The number of carbonyl (C=O) groups is 1. The van der Waals surface area contributed by atoms with Crippen molar-refractivity contribution in [1.29, 1.82) is 0 Å². The number of amides is 1. The standard InChI is InChI=1S/C19H23F3N4O4S/c1-25-12-9-23-17(25)18(28,19(20,21)22)13-16(27)26-10-7-14(8-11-26)24-31(29,30)15-5-3-2-4-6-15/h2-6,9,12,14,24,28H,7-8,10-11,13H2,1H3. The van der Waals surface area contributed by atoms with Gasteiger partial charge in [-0.15, -0.1) is 0 Å². The van der Waals surface area contributed by atoms with Gasteiger partial charge in [0.1, 0.15) is 0 Å². The van der Waals surface area contributed by atoms with Gasteiger partial charge in [0, 0.05) is 38.6 Å². The number of aryl methyl sites for hydroxylation is 1. The summed E-state index contributed by atoms with van der Waals surface area (Å²) in [7, 11) is -2.43. The summed E-state index contributed by atoms with van der Waals surface area (Å²) in [6.45, 7) is 0.130. The van der Waals surface area contributed by atoms with E-state index in [0.29, 0.717) is 0 Å². The minimum absolute atomic E-state index is 0.0648. The summed E-state index contributed by atoms with van der Waals surface area (Å²) in [6, 6.07) is 7.34. The van der Waals surface area contributed by atoms with Gasteiger partial charge < -0.3 is 14.6 Å². The number of rotatable bonds is 6. The molecule has 0 aliphatic carbocycles. The van der Waals surface area contributed by atoms with Gasteiger partial charge in [-0.1, -0.05) is 18.2 Å². The Labute approximate surface area is 177 Å². The first kappa shape index (κ1) is 23.2. The van der Waals surface area contributed by atoms with E-state index in [4.69, 9.17) is 0 Å². The first-order valence-corrected chi connectivity index (χ1v) is 11.0. The lowest BCUT2D eigenvalue weighted by atomic mass is 9.95. The van der Waals surface area contributed by atoms with Crippen LogP contribution < -0.4 is 4.72 Å². The molecule has 0 saturated carbocycles. The van der Waals surface area contributed by atoms with E-state index in [2.05, 4.69) is 9.71 Å². The number of halogens is 3. The highest BCUT2D eigenvalue weighted by Gasteiger charge is 2.59. The molecule has 1 amide bonds. The quantitative estimate of drug-likeness (QED) is 0.681. The molecule has 170 valence electrons. The van der Waals surface area contributed by atoms with Crippen molar-refractivity contribution in [3.8, 4) is 0 Å². The Morgan fingerprint density at radius 3 is 2.35 bits per heavy atom. The molecule has 1 aromatic carbocycles. The molecule has 3 rings (SSSR count). The zero-order valence-electron chi connectivity index (χ0n) is 16.7. The number of benzene rings is 1. The molecule has 31 heavy (non-hydrogen) atoms. The summed E-state index contributed by atoms with van der Waals surface area (Å²) < 4.78 is 69.3. The Morgan fingerprint density at radius 2 is 1.84 bits per heavy atom. The summed E-state index contributed by atoms with van der Waals surface area (Å²) in [5.41, 5.74) is -3.42. The van der Waals surface area contributed by atoms with Crippen molar-refractivity contribution >= 4 is 15.9 Å². The topological polar surface area (TPSA) is 105 Å². The molecule has 12 heteroatoms. The largest absolute Gasteiger partial charge is 0.425 e. The number of hydrogen-bond donors (Lipinski definition) is 2. The predicted octanol–water partition coefficient (Wildman–Crippen LogP) is 1.53. The van der Waals surface area contributed by atoms with Crippen LogP contribution in [-0.4, -0.2) is 59.2 Å². The molecule has 1 aliphatic rings. The molecule has 0 spiro atoms. The van der Waals surface area contributed by atoms with E-state index in [1.54, 1.807) is 18.2 Å². The highest BCUT2D eigenvalue weighted by atomic mass is 32.2. The van der Waals surface area contributed by atoms with E-state index in [1.165, 1.54) is 30.3 Å². The van der Waals surface area contributed by atoms with Crippen molar-refractivity contribution < 1.29 is 31.5 Å². The summed E-state index contributed by atoms with van der Waals surface area (Å²) in [4.78, 5) is 17.5. The molecule has 1 aliphatic heterocycles. The van der Waals surface area contributed by atoms with Crippen LogP contribution in [0.5, 0.6) is 0 Å². The van der Waals surface area contributed by atoms with Crippen molar-refractivity contribution in [2.75, 3.05) is 13.1 Å². The molecule has 1 unspecified atom stereocenters. The molecule has 2 heterocycles. The van der Waals surface area contributed by atoms with E-state index in [9.17, 15) is 31.5 Å². The van der Waals surface area contributed by atoms with E-state index in [0.717, 1.165) is 10.8 Å². The molecule has 1 fully saturated rings. The van der Waals surface area contributed by atoms with Crippen LogP contribution in [-0.2, 0) is 27.5 Å². The van der Waals surface area contributed by atoms with Gasteiger partial charge in [0.25, 0.3) is 0 Å². The number of sulfonamides is 1. The Balaban J connectivity index is 1.64. The van der Waals surface area contributed by atoms with Gasteiger partial charge in [-0.05, 0) is 25.0 Å². The number of piperidine rings is 1. The predicted molar refractivity (Wildman–Crippen MR) is 104 cm³/mol. The average molecular weight is 460 g/mol. The van der Waals surface area contributed by atoms with Gasteiger partial charge in [0.2, 0.25) is 21.5 Å². The number of likely N-dealkylation sites (tertiary alicyclic amines) is 1. The summed E-state index contributed by atoms with van der Waals surface area (Å²) in [5, 5.41) is 10.4. The average Bonchev–Trinajstić information content (AvgIpc) is 3.14. The van der Waals surface area contributed by atoms with Crippen LogP contribution in [0.4, 0.5) is 13.2 Å². The third kappa shape index (κ3) is 4.91. The smallest absolute Gasteiger partial charge is 0.374 e. The molecule has 0 bridgehead atoms. The maximum Gasteiger partial charge on any atom is 0.425 e. The molecule has 1 atom stereocenters. The number of aromatic nitrogens is 2. The number of aliphatic hydroxyl groups is 1. The molecule has 1 saturated heterocycles. The Hall–Kier alpha value is -2.44. The lowest BCUT2D eigenvalue weighted by molar-refractivity contribution is -0.272. The van der Waals surface area contributed by atoms with Crippen LogP contribution in [0.2, 0.25) is 0 Å². The minimum atomic E-state index is -5.11. The fraction of sp³-hybridized carbons (Fsp3) is 0.474. The van der Waals surface area contributed by atoms with Gasteiger partial charge in [0.15, 0.2) is 5.82 Å². The number of hydrogen-bond acceptors (Lipinski definition) is 5. The van der Waals surface area contributed by atoms with Crippen LogP contribution in [0.25, 0.3) is 0 Å². The molecule has 2 aromatic rings. The second-order valence-electron chi connectivity index (χ2n) is 7.49. The first-order chi connectivity index (χ1) is 14.4. The zero-order valence-corrected chi connectivity index (χ0v) is 17.5. The highest BCUT2D eigenvalue weighted by molar-refractivity contribution is 7.89. The Bertz CT molecular complexity index is 1020. The van der Waals surface area contributed by atoms with Crippen LogP contribution >= 0.6 is 0 Å². The van der Waals surface area contributed by atoms with Crippen molar-refractivity contribution in [2.24, 2.45) is 7.05 Å². The lowest BCUT2D eigenvalue weighted by Gasteiger charge is -2.35. The number of carbonyl (C=O) groups excluding carboxylic acids is 1. The summed E-state index contributed by atoms with van der Waals surface area (Å²) >= 11 is 0. The first-order valence-electron chi connectivity index (χ1n) is 9.56. The van der Waals surface area contributed by atoms with Gasteiger partial charge >= 0.3 is 6.18 Å². The van der Waals surface area contributed by atoms with Crippen LogP contribution in [0.3, 0.4) is 0 Å². The second-order valence-corrected chi connectivity index (χ2v) is 9.20. The van der Waals surface area contributed by atoms with Crippen LogP contribution in [0.15, 0.2) is 47.6 Å². The molecule has 0 radical (unpaired) electrons. The van der Waals surface area contributed by atoms with E-state index < -0.39 is 46.0 Å². The Kier molecular flexibility index (Phi) is 6.44. The van der Waals surface area contributed by atoms with Crippen LogP contribution in [0.1, 0.15) is 25.1 Å². The normalized spacial score (nSPS) is 18.0. The molecule has 2 N–H and O–H groups in total. The third-order valence-corrected chi connectivity index (χ3v) is 6.83. The van der Waals surface area contributed by atoms with Crippen molar-refractivity contribution in [3.05, 3.63) is 48.5 Å².